The number of aromatic nitrogens is 3. The Morgan fingerprint density at radius 1 is 1.12 bits per heavy atom. The van der Waals surface area contributed by atoms with Gasteiger partial charge in [-0.1, -0.05) is 18.2 Å². The maximum absolute atomic E-state index is 5.65. The van der Waals surface area contributed by atoms with Crippen molar-refractivity contribution < 1.29 is 0 Å². The van der Waals surface area contributed by atoms with Crippen molar-refractivity contribution in [3.63, 3.8) is 0 Å². The van der Waals surface area contributed by atoms with E-state index in [4.69, 9.17) is 5.73 Å². The van der Waals surface area contributed by atoms with Gasteiger partial charge in [0.25, 0.3) is 0 Å². The summed E-state index contributed by atoms with van der Waals surface area (Å²) in [5.41, 5.74) is 8.62. The van der Waals surface area contributed by atoms with Gasteiger partial charge in [-0.15, -0.1) is 0 Å². The van der Waals surface area contributed by atoms with E-state index in [-0.39, 0.29) is 0 Å². The van der Waals surface area contributed by atoms with Crippen molar-refractivity contribution in [1.29, 1.82) is 0 Å². The number of benzene rings is 1. The number of H-pyrrole nitrogens is 1. The molecule has 0 spiro atoms. The van der Waals surface area contributed by atoms with E-state index in [0.29, 0.717) is 5.82 Å². The monoisotopic (exact) mass is 210 g/mol. The van der Waals surface area contributed by atoms with Gasteiger partial charge in [-0.05, 0) is 6.07 Å². The highest BCUT2D eigenvalue weighted by Crippen LogP contribution is 2.27. The Kier molecular flexibility index (Phi) is 1.86. The van der Waals surface area contributed by atoms with Crippen LogP contribution < -0.4 is 5.73 Å². The number of nitrogens with two attached hydrogens (primary N) is 1. The predicted molar refractivity (Wildman–Crippen MR) is 63.7 cm³/mol. The van der Waals surface area contributed by atoms with Gasteiger partial charge in [-0.3, -0.25) is 0 Å². The van der Waals surface area contributed by atoms with Gasteiger partial charge in [0.2, 0.25) is 0 Å². The van der Waals surface area contributed by atoms with Crippen molar-refractivity contribution >= 4 is 16.7 Å². The molecule has 0 saturated carbocycles. The smallest absolute Gasteiger partial charge is 0.127 e. The third kappa shape index (κ3) is 1.32. The number of hydrogen-bond donors (Lipinski definition) is 2. The third-order valence-electron chi connectivity index (χ3n) is 2.55. The van der Waals surface area contributed by atoms with E-state index in [1.165, 1.54) is 6.33 Å². The minimum Gasteiger partial charge on any atom is -0.384 e. The molecular formula is C12H10N4. The van der Waals surface area contributed by atoms with Crippen molar-refractivity contribution in [2.75, 3.05) is 5.73 Å². The lowest BCUT2D eigenvalue weighted by Gasteiger charge is -1.98. The Bertz CT molecular complexity index is 642. The number of anilines is 1. The fourth-order valence-electron chi connectivity index (χ4n) is 1.80. The number of para-hydroxylation sites is 1. The molecule has 4 heteroatoms. The molecule has 3 N–H and O–H groups in total. The topological polar surface area (TPSA) is 67.6 Å². The maximum atomic E-state index is 5.65. The van der Waals surface area contributed by atoms with Crippen LogP contribution in [-0.2, 0) is 0 Å². The lowest BCUT2D eigenvalue weighted by molar-refractivity contribution is 1.18. The second-order valence-electron chi connectivity index (χ2n) is 3.58. The normalized spacial score (nSPS) is 10.8. The van der Waals surface area contributed by atoms with Gasteiger partial charge in [0, 0.05) is 28.7 Å². The first-order valence-electron chi connectivity index (χ1n) is 4.98. The van der Waals surface area contributed by atoms with E-state index in [9.17, 15) is 0 Å². The van der Waals surface area contributed by atoms with E-state index in [0.717, 1.165) is 22.2 Å². The number of nitrogen functional groups attached to an aromatic ring is 1. The van der Waals surface area contributed by atoms with Gasteiger partial charge in [0.15, 0.2) is 0 Å². The number of fused-ring (bicyclic) bond motifs is 1. The molecule has 3 aromatic rings. The highest BCUT2D eigenvalue weighted by molar-refractivity contribution is 5.94. The summed E-state index contributed by atoms with van der Waals surface area (Å²) in [4.78, 5) is 11.3. The summed E-state index contributed by atoms with van der Waals surface area (Å²) in [5.74, 6) is 0.482. The van der Waals surface area contributed by atoms with Crippen LogP contribution in [0, 0.1) is 0 Å². The highest BCUT2D eigenvalue weighted by atomic mass is 14.9. The molecule has 1 aromatic carbocycles. The number of nitrogens with zero attached hydrogens (tertiary/aromatic N) is 2. The van der Waals surface area contributed by atoms with Crippen LogP contribution in [0.5, 0.6) is 0 Å². The highest BCUT2D eigenvalue weighted by Gasteiger charge is 2.06. The number of hydrogen-bond acceptors (Lipinski definition) is 3. The Morgan fingerprint density at radius 2 is 2.00 bits per heavy atom. The molecular weight excluding hydrogens is 200 g/mol. The molecule has 2 aromatic heterocycles. The summed E-state index contributed by atoms with van der Waals surface area (Å²) in [6, 6.07) is 9.86. The molecule has 0 radical (unpaired) electrons. The molecule has 0 atom stereocenters. The van der Waals surface area contributed by atoms with Gasteiger partial charge < -0.3 is 10.7 Å². The average Bonchev–Trinajstić information content (AvgIpc) is 2.72. The van der Waals surface area contributed by atoms with Crippen LogP contribution in [0.1, 0.15) is 0 Å². The summed E-state index contributed by atoms with van der Waals surface area (Å²) in [7, 11) is 0. The number of rotatable bonds is 1. The minimum absolute atomic E-state index is 0.482. The van der Waals surface area contributed by atoms with Crippen LogP contribution in [0.4, 0.5) is 5.82 Å². The van der Waals surface area contributed by atoms with Crippen molar-refractivity contribution in [2.24, 2.45) is 0 Å². The van der Waals surface area contributed by atoms with Gasteiger partial charge in [-0.2, -0.15) is 0 Å². The Hall–Kier alpha value is -2.36. The van der Waals surface area contributed by atoms with E-state index < -0.39 is 0 Å². The maximum Gasteiger partial charge on any atom is 0.127 e. The predicted octanol–water partition coefficient (Wildman–Crippen LogP) is 2.21. The molecule has 0 aliphatic heterocycles. The SMILES string of the molecule is Nc1cc(-c2c[nH]c3ccccc23)ncn1. The first-order chi connectivity index (χ1) is 7.84. The molecule has 0 saturated heterocycles. The lowest BCUT2D eigenvalue weighted by Crippen LogP contribution is -1.91. The molecule has 78 valence electrons. The van der Waals surface area contributed by atoms with Crippen molar-refractivity contribution in [3.05, 3.63) is 42.9 Å². The van der Waals surface area contributed by atoms with E-state index in [1.807, 2.05) is 24.4 Å². The van der Waals surface area contributed by atoms with E-state index >= 15 is 0 Å². The molecule has 0 bridgehead atoms. The average molecular weight is 210 g/mol. The molecule has 2 heterocycles. The van der Waals surface area contributed by atoms with Gasteiger partial charge >= 0.3 is 0 Å². The van der Waals surface area contributed by atoms with Crippen LogP contribution in [0.3, 0.4) is 0 Å². The quantitative estimate of drug-likeness (QED) is 0.647. The van der Waals surface area contributed by atoms with Gasteiger partial charge in [0.1, 0.15) is 12.1 Å². The summed E-state index contributed by atoms with van der Waals surface area (Å²) in [6.45, 7) is 0. The van der Waals surface area contributed by atoms with Gasteiger partial charge in [0.05, 0.1) is 5.69 Å². The standard InChI is InChI=1S/C12H10N4/c13-12-5-11(15-7-16-12)9-6-14-10-4-2-1-3-8(9)10/h1-7,14H,(H2,13,15,16). The summed E-state index contributed by atoms with van der Waals surface area (Å²) in [5, 5.41) is 1.14. The molecule has 3 rings (SSSR count). The fraction of sp³-hybridized carbons (Fsp3) is 0. The van der Waals surface area contributed by atoms with Crippen molar-refractivity contribution in [3.8, 4) is 11.3 Å². The summed E-state index contributed by atoms with van der Waals surface area (Å²) < 4.78 is 0. The molecule has 0 aliphatic carbocycles. The minimum atomic E-state index is 0.482. The van der Waals surface area contributed by atoms with Crippen LogP contribution in [0.15, 0.2) is 42.9 Å². The molecule has 0 fully saturated rings. The fourth-order valence-corrected chi connectivity index (χ4v) is 1.80. The van der Waals surface area contributed by atoms with Crippen molar-refractivity contribution in [2.45, 2.75) is 0 Å². The first-order valence-corrected chi connectivity index (χ1v) is 4.98. The van der Waals surface area contributed by atoms with Crippen LogP contribution in [0.2, 0.25) is 0 Å². The van der Waals surface area contributed by atoms with Gasteiger partial charge in [-0.25, -0.2) is 9.97 Å². The Morgan fingerprint density at radius 3 is 2.88 bits per heavy atom. The molecule has 16 heavy (non-hydrogen) atoms. The molecule has 0 amide bonds. The van der Waals surface area contributed by atoms with E-state index in [1.54, 1.807) is 6.07 Å². The first kappa shape index (κ1) is 8.91. The second kappa shape index (κ2) is 3.34. The molecule has 0 unspecified atom stereocenters. The largest absolute Gasteiger partial charge is 0.384 e. The molecule has 0 aliphatic rings. The van der Waals surface area contributed by atoms with Crippen LogP contribution in [0.25, 0.3) is 22.2 Å². The van der Waals surface area contributed by atoms with E-state index in [2.05, 4.69) is 21.0 Å². The van der Waals surface area contributed by atoms with Crippen LogP contribution >= 0.6 is 0 Å². The van der Waals surface area contributed by atoms with Crippen LogP contribution in [-0.4, -0.2) is 15.0 Å². The Balaban J connectivity index is 2.26. The third-order valence-corrected chi connectivity index (χ3v) is 2.55. The zero-order valence-electron chi connectivity index (χ0n) is 8.51. The molecule has 4 nitrogen and oxygen atoms in total. The summed E-state index contributed by atoms with van der Waals surface area (Å²) >= 11 is 0. The summed E-state index contributed by atoms with van der Waals surface area (Å²) in [6.07, 6.45) is 3.42. The number of nitrogens with one attached hydrogen (secondary N) is 1. The lowest BCUT2D eigenvalue weighted by atomic mass is 10.1. The zero-order chi connectivity index (χ0) is 11.0. The van der Waals surface area contributed by atoms with Crippen molar-refractivity contribution in [1.82, 2.24) is 15.0 Å². The second-order valence-corrected chi connectivity index (χ2v) is 3.58. The Labute approximate surface area is 92.2 Å². The zero-order valence-corrected chi connectivity index (χ0v) is 8.51. The number of aromatic amines is 1.